The van der Waals surface area contributed by atoms with E-state index in [2.05, 4.69) is 22.2 Å². The highest BCUT2D eigenvalue weighted by atomic mass is 35.5. The van der Waals surface area contributed by atoms with Crippen molar-refractivity contribution < 1.29 is 4.79 Å². The van der Waals surface area contributed by atoms with Crippen LogP contribution in [0, 0.1) is 5.92 Å². The fourth-order valence-electron chi connectivity index (χ4n) is 3.07. The van der Waals surface area contributed by atoms with E-state index in [1.54, 1.807) is 0 Å². The van der Waals surface area contributed by atoms with Gasteiger partial charge in [-0.25, -0.2) is 4.98 Å². The fourth-order valence-corrected chi connectivity index (χ4v) is 4.07. The molecule has 124 valence electrons. The minimum Gasteiger partial charge on any atom is -0.352 e. The number of nitrogens with one attached hydrogen (secondary N) is 2. The molecule has 0 saturated heterocycles. The summed E-state index contributed by atoms with van der Waals surface area (Å²) in [6.07, 6.45) is 4.78. The highest BCUT2D eigenvalue weighted by Gasteiger charge is 2.25. The zero-order valence-electron chi connectivity index (χ0n) is 13.4. The maximum Gasteiger partial charge on any atom is 0.233 e. The van der Waals surface area contributed by atoms with Crippen molar-refractivity contribution >= 4 is 40.3 Å². The number of rotatable bonds is 4. The van der Waals surface area contributed by atoms with E-state index >= 15 is 0 Å². The molecule has 4 nitrogen and oxygen atoms in total. The quantitative estimate of drug-likeness (QED) is 0.803. The second-order valence-corrected chi connectivity index (χ2v) is 8.11. The summed E-state index contributed by atoms with van der Waals surface area (Å²) >= 11 is 7.44. The average molecular weight is 352 g/mol. The Morgan fingerprint density at radius 3 is 3.00 bits per heavy atom. The summed E-state index contributed by atoms with van der Waals surface area (Å²) < 4.78 is 0. The number of halogens is 1. The number of hydrogen-bond acceptors (Lipinski definition) is 3. The van der Waals surface area contributed by atoms with E-state index < -0.39 is 0 Å². The van der Waals surface area contributed by atoms with Gasteiger partial charge in [-0.15, -0.1) is 0 Å². The van der Waals surface area contributed by atoms with E-state index in [9.17, 15) is 4.79 Å². The first-order chi connectivity index (χ1) is 11.0. The number of H-pyrrole nitrogens is 1. The highest BCUT2D eigenvalue weighted by molar-refractivity contribution is 8.00. The molecule has 6 heteroatoms. The van der Waals surface area contributed by atoms with Crippen molar-refractivity contribution in [2.45, 2.75) is 56.0 Å². The minimum absolute atomic E-state index is 0.0900. The van der Waals surface area contributed by atoms with Crippen LogP contribution >= 0.6 is 23.4 Å². The zero-order valence-corrected chi connectivity index (χ0v) is 15.0. The van der Waals surface area contributed by atoms with Crippen molar-refractivity contribution in [2.75, 3.05) is 0 Å². The van der Waals surface area contributed by atoms with Gasteiger partial charge in [0.2, 0.25) is 5.91 Å². The average Bonchev–Trinajstić information content (AvgIpc) is 2.90. The summed E-state index contributed by atoms with van der Waals surface area (Å²) in [6.45, 7) is 4.15. The Balaban J connectivity index is 1.62. The lowest BCUT2D eigenvalue weighted by atomic mass is 9.86. The van der Waals surface area contributed by atoms with Gasteiger partial charge in [0.25, 0.3) is 0 Å². The second kappa shape index (κ2) is 7.14. The van der Waals surface area contributed by atoms with Crippen LogP contribution < -0.4 is 5.32 Å². The SMILES string of the molecule is CC(Sc1nc2ccc(Cl)cc2[nH]1)C(=O)NC1CCCCC1C. The van der Waals surface area contributed by atoms with Crippen LogP contribution in [0.3, 0.4) is 0 Å². The summed E-state index contributed by atoms with van der Waals surface area (Å²) in [4.78, 5) is 20.2. The number of amides is 1. The summed E-state index contributed by atoms with van der Waals surface area (Å²) in [5, 5.41) is 4.46. The molecule has 0 bridgehead atoms. The third-order valence-corrected chi connectivity index (χ3v) is 5.74. The highest BCUT2D eigenvalue weighted by Crippen LogP contribution is 2.27. The molecule has 1 aliphatic rings. The lowest BCUT2D eigenvalue weighted by molar-refractivity contribution is -0.121. The van der Waals surface area contributed by atoms with E-state index in [1.165, 1.54) is 31.0 Å². The minimum atomic E-state index is -0.180. The topological polar surface area (TPSA) is 57.8 Å². The van der Waals surface area contributed by atoms with Gasteiger partial charge in [0, 0.05) is 11.1 Å². The molecule has 1 aliphatic carbocycles. The molecule has 2 N–H and O–H groups in total. The molecule has 1 amide bonds. The van der Waals surface area contributed by atoms with Crippen LogP contribution in [-0.2, 0) is 4.79 Å². The molecule has 2 aromatic rings. The first kappa shape index (κ1) is 16.7. The van der Waals surface area contributed by atoms with Crippen LogP contribution in [0.4, 0.5) is 0 Å². The fraction of sp³-hybridized carbons (Fsp3) is 0.529. The molecular formula is C17H22ClN3OS. The van der Waals surface area contributed by atoms with Gasteiger partial charge in [0.05, 0.1) is 16.3 Å². The number of benzene rings is 1. The number of hydrogen-bond donors (Lipinski definition) is 2. The molecule has 1 fully saturated rings. The van der Waals surface area contributed by atoms with Gasteiger partial charge >= 0.3 is 0 Å². The number of thioether (sulfide) groups is 1. The van der Waals surface area contributed by atoms with Crippen molar-refractivity contribution in [3.8, 4) is 0 Å². The summed E-state index contributed by atoms with van der Waals surface area (Å²) in [7, 11) is 0. The monoisotopic (exact) mass is 351 g/mol. The van der Waals surface area contributed by atoms with Crippen LogP contribution in [0.5, 0.6) is 0 Å². The molecule has 3 unspecified atom stereocenters. The van der Waals surface area contributed by atoms with E-state index in [1.807, 2.05) is 25.1 Å². The Hall–Kier alpha value is -1.20. The van der Waals surface area contributed by atoms with Gasteiger partial charge in [-0.2, -0.15) is 0 Å². The summed E-state index contributed by atoms with van der Waals surface area (Å²) in [5.41, 5.74) is 1.76. The standard InChI is InChI=1S/C17H22ClN3OS/c1-10-5-3-4-6-13(10)19-16(22)11(2)23-17-20-14-8-7-12(18)9-15(14)21-17/h7-11,13H,3-6H2,1-2H3,(H,19,22)(H,20,21). The van der Waals surface area contributed by atoms with Gasteiger partial charge in [-0.3, -0.25) is 4.79 Å². The zero-order chi connectivity index (χ0) is 16.4. The first-order valence-corrected chi connectivity index (χ1v) is 9.41. The molecule has 3 atom stereocenters. The number of imidazole rings is 1. The number of nitrogens with zero attached hydrogens (tertiary/aromatic N) is 1. The van der Waals surface area contributed by atoms with Gasteiger partial charge < -0.3 is 10.3 Å². The van der Waals surface area contributed by atoms with Crippen molar-refractivity contribution in [2.24, 2.45) is 5.92 Å². The van der Waals surface area contributed by atoms with Crippen LogP contribution in [-0.4, -0.2) is 27.2 Å². The smallest absolute Gasteiger partial charge is 0.233 e. The van der Waals surface area contributed by atoms with Crippen molar-refractivity contribution in [3.63, 3.8) is 0 Å². The largest absolute Gasteiger partial charge is 0.352 e. The van der Waals surface area contributed by atoms with Crippen molar-refractivity contribution in [1.82, 2.24) is 15.3 Å². The predicted molar refractivity (Wildman–Crippen MR) is 96.0 cm³/mol. The third kappa shape index (κ3) is 4.01. The summed E-state index contributed by atoms with van der Waals surface area (Å²) in [5.74, 6) is 0.658. The molecule has 23 heavy (non-hydrogen) atoms. The number of aromatic nitrogens is 2. The number of carbonyl (C=O) groups is 1. The molecule has 1 saturated carbocycles. The lowest BCUT2D eigenvalue weighted by Gasteiger charge is -2.30. The molecular weight excluding hydrogens is 330 g/mol. The molecule has 3 rings (SSSR count). The van der Waals surface area contributed by atoms with E-state index in [4.69, 9.17) is 11.6 Å². The molecule has 0 spiro atoms. The number of aromatic amines is 1. The van der Waals surface area contributed by atoms with Crippen molar-refractivity contribution in [3.05, 3.63) is 23.2 Å². The molecule has 1 aromatic carbocycles. The molecule has 1 aromatic heterocycles. The van der Waals surface area contributed by atoms with E-state index in [-0.39, 0.29) is 11.2 Å². The number of carbonyl (C=O) groups excluding carboxylic acids is 1. The lowest BCUT2D eigenvalue weighted by Crippen LogP contribution is -2.44. The van der Waals surface area contributed by atoms with Gasteiger partial charge in [0.15, 0.2) is 5.16 Å². The first-order valence-electron chi connectivity index (χ1n) is 8.15. The maximum atomic E-state index is 12.4. The summed E-state index contributed by atoms with van der Waals surface area (Å²) in [6, 6.07) is 5.86. The van der Waals surface area contributed by atoms with Crippen LogP contribution in [0.25, 0.3) is 11.0 Å². The maximum absolute atomic E-state index is 12.4. The second-order valence-electron chi connectivity index (χ2n) is 6.34. The molecule has 1 heterocycles. The van der Waals surface area contributed by atoms with Gasteiger partial charge in [-0.1, -0.05) is 43.1 Å². The Morgan fingerprint density at radius 1 is 1.43 bits per heavy atom. The Morgan fingerprint density at radius 2 is 2.22 bits per heavy atom. The van der Waals surface area contributed by atoms with Gasteiger partial charge in [-0.05, 0) is 43.9 Å². The van der Waals surface area contributed by atoms with E-state index in [0.29, 0.717) is 17.0 Å². The molecule has 0 radical (unpaired) electrons. The third-order valence-electron chi connectivity index (χ3n) is 4.52. The number of fused-ring (bicyclic) bond motifs is 1. The van der Waals surface area contributed by atoms with Crippen LogP contribution in [0.2, 0.25) is 5.02 Å². The molecule has 0 aliphatic heterocycles. The Labute approximate surface area is 145 Å². The van der Waals surface area contributed by atoms with Crippen molar-refractivity contribution in [1.29, 1.82) is 0 Å². The normalized spacial score (nSPS) is 22.9. The Bertz CT molecular complexity index is 702. The van der Waals surface area contributed by atoms with Crippen LogP contribution in [0.15, 0.2) is 23.4 Å². The Kier molecular flexibility index (Phi) is 5.17. The van der Waals surface area contributed by atoms with Crippen LogP contribution in [0.1, 0.15) is 39.5 Å². The van der Waals surface area contributed by atoms with Gasteiger partial charge in [0.1, 0.15) is 0 Å². The predicted octanol–water partition coefficient (Wildman–Crippen LogP) is 4.39. The van der Waals surface area contributed by atoms with E-state index in [0.717, 1.165) is 22.6 Å².